The van der Waals surface area contributed by atoms with Gasteiger partial charge in [0.15, 0.2) is 11.5 Å². The van der Waals surface area contributed by atoms with E-state index in [1.54, 1.807) is 23.9 Å². The van der Waals surface area contributed by atoms with Crippen LogP contribution in [-0.4, -0.2) is 43.2 Å². The van der Waals surface area contributed by atoms with Crippen molar-refractivity contribution < 1.29 is 23.4 Å². The van der Waals surface area contributed by atoms with Crippen LogP contribution in [0.2, 0.25) is 5.02 Å². The minimum absolute atomic E-state index is 0.0141. The largest absolute Gasteiger partial charge is 0.493 e. The molecule has 0 saturated heterocycles. The SMILES string of the molecule is COc1cc(-c2nnc(NC(=O)CCSc3ccc(Cl)cc3)o2)cc(OC)c1OC. The first-order valence-electron chi connectivity index (χ1n) is 8.86. The Hall–Kier alpha value is -2.91. The first-order valence-corrected chi connectivity index (χ1v) is 10.2. The van der Waals surface area contributed by atoms with E-state index in [4.69, 9.17) is 30.2 Å². The van der Waals surface area contributed by atoms with Crippen molar-refractivity contribution in [3.05, 3.63) is 41.4 Å². The number of carbonyl (C=O) groups excluding carboxylic acids is 1. The number of ether oxygens (including phenoxy) is 3. The first kappa shape index (κ1) is 21.8. The minimum atomic E-state index is -0.225. The molecular weight excluding hydrogens is 430 g/mol. The van der Waals surface area contributed by atoms with Crippen LogP contribution < -0.4 is 19.5 Å². The van der Waals surface area contributed by atoms with E-state index in [9.17, 15) is 4.79 Å². The van der Waals surface area contributed by atoms with Gasteiger partial charge in [0.2, 0.25) is 17.5 Å². The number of aromatic nitrogens is 2. The first-order chi connectivity index (χ1) is 14.5. The van der Waals surface area contributed by atoms with Crippen LogP contribution in [0.1, 0.15) is 6.42 Å². The summed E-state index contributed by atoms with van der Waals surface area (Å²) >= 11 is 7.42. The molecular formula is C20H20ClN3O5S. The Morgan fingerprint density at radius 2 is 1.73 bits per heavy atom. The van der Waals surface area contributed by atoms with Gasteiger partial charge in [0.05, 0.1) is 21.3 Å². The molecule has 10 heteroatoms. The standard InChI is InChI=1S/C20H20ClN3O5S/c1-26-15-10-12(11-16(27-2)18(15)28-3)19-23-24-20(29-19)22-17(25)8-9-30-14-6-4-13(21)5-7-14/h4-7,10-11H,8-9H2,1-3H3,(H,22,24,25). The van der Waals surface area contributed by atoms with Gasteiger partial charge in [0, 0.05) is 27.7 Å². The second-order valence-corrected chi connectivity index (χ2v) is 7.53. The third-order valence-electron chi connectivity index (χ3n) is 3.99. The van der Waals surface area contributed by atoms with Gasteiger partial charge >= 0.3 is 6.01 Å². The van der Waals surface area contributed by atoms with Crippen LogP contribution in [0.15, 0.2) is 45.7 Å². The van der Waals surface area contributed by atoms with Crippen LogP contribution in [0.4, 0.5) is 6.01 Å². The predicted octanol–water partition coefficient (Wildman–Crippen LogP) is 4.54. The molecule has 0 atom stereocenters. The fraction of sp³-hybridized carbons (Fsp3) is 0.250. The molecule has 30 heavy (non-hydrogen) atoms. The molecule has 0 aliphatic heterocycles. The summed E-state index contributed by atoms with van der Waals surface area (Å²) in [5, 5.41) is 11.1. The molecule has 0 aliphatic rings. The van der Waals surface area contributed by atoms with Gasteiger partial charge in [-0.3, -0.25) is 10.1 Å². The molecule has 0 aliphatic carbocycles. The number of benzene rings is 2. The molecule has 0 spiro atoms. The summed E-state index contributed by atoms with van der Waals surface area (Å²) in [6, 6.07) is 10.8. The van der Waals surface area contributed by atoms with Gasteiger partial charge in [-0.05, 0) is 36.4 Å². The number of amides is 1. The monoisotopic (exact) mass is 449 g/mol. The van der Waals surface area contributed by atoms with Crippen LogP contribution in [0, 0.1) is 0 Å². The Bertz CT molecular complexity index is 985. The quantitative estimate of drug-likeness (QED) is 0.476. The maximum Gasteiger partial charge on any atom is 0.322 e. The molecule has 0 radical (unpaired) electrons. The maximum absolute atomic E-state index is 12.2. The molecule has 0 fully saturated rings. The van der Waals surface area contributed by atoms with E-state index in [2.05, 4.69) is 15.5 Å². The lowest BCUT2D eigenvalue weighted by molar-refractivity contribution is -0.115. The fourth-order valence-corrected chi connectivity index (χ4v) is 3.55. The van der Waals surface area contributed by atoms with Crippen LogP contribution in [0.5, 0.6) is 17.2 Å². The number of hydrogen-bond acceptors (Lipinski definition) is 8. The average Bonchev–Trinajstić information content (AvgIpc) is 3.22. The molecule has 1 aromatic heterocycles. The third-order valence-corrected chi connectivity index (χ3v) is 5.26. The molecule has 0 saturated carbocycles. The van der Waals surface area contributed by atoms with Crippen molar-refractivity contribution in [1.29, 1.82) is 0 Å². The Morgan fingerprint density at radius 3 is 2.33 bits per heavy atom. The lowest BCUT2D eigenvalue weighted by atomic mass is 10.2. The summed E-state index contributed by atoms with van der Waals surface area (Å²) in [7, 11) is 4.55. The van der Waals surface area contributed by atoms with Crippen LogP contribution in [0.3, 0.4) is 0 Å². The van der Waals surface area contributed by atoms with Crippen LogP contribution >= 0.6 is 23.4 Å². The summed E-state index contributed by atoms with van der Waals surface area (Å²) in [6.07, 6.45) is 0.287. The van der Waals surface area contributed by atoms with Crippen molar-refractivity contribution in [3.63, 3.8) is 0 Å². The fourth-order valence-electron chi connectivity index (χ4n) is 2.57. The summed E-state index contributed by atoms with van der Waals surface area (Å²) in [5.74, 6) is 1.94. The van der Waals surface area contributed by atoms with Gasteiger partial charge in [0.1, 0.15) is 0 Å². The zero-order valence-electron chi connectivity index (χ0n) is 16.6. The number of anilines is 1. The Morgan fingerprint density at radius 1 is 1.07 bits per heavy atom. The molecule has 3 rings (SSSR count). The summed E-state index contributed by atoms with van der Waals surface area (Å²) in [6.45, 7) is 0. The Kier molecular flexibility index (Phi) is 7.42. The second-order valence-electron chi connectivity index (χ2n) is 5.93. The Labute approximate surface area is 182 Å². The van der Waals surface area contributed by atoms with E-state index in [0.29, 0.717) is 33.6 Å². The van der Waals surface area contributed by atoms with Gasteiger partial charge in [-0.15, -0.1) is 16.9 Å². The van der Waals surface area contributed by atoms with Gasteiger partial charge in [0.25, 0.3) is 0 Å². The summed E-state index contributed by atoms with van der Waals surface area (Å²) in [4.78, 5) is 13.2. The molecule has 0 bridgehead atoms. The van der Waals surface area contributed by atoms with E-state index in [1.165, 1.54) is 21.3 Å². The van der Waals surface area contributed by atoms with Gasteiger partial charge in [-0.2, -0.15) is 0 Å². The van der Waals surface area contributed by atoms with Crippen LogP contribution in [0.25, 0.3) is 11.5 Å². The number of nitrogens with zero attached hydrogens (tertiary/aromatic N) is 2. The van der Waals surface area contributed by atoms with Crippen molar-refractivity contribution in [1.82, 2.24) is 10.2 Å². The van der Waals surface area contributed by atoms with Gasteiger partial charge in [-0.25, -0.2) is 0 Å². The number of hydrogen-bond donors (Lipinski definition) is 1. The molecule has 1 amide bonds. The molecule has 8 nitrogen and oxygen atoms in total. The number of rotatable bonds is 9. The zero-order valence-corrected chi connectivity index (χ0v) is 18.2. The molecule has 1 N–H and O–H groups in total. The van der Waals surface area contributed by atoms with Crippen molar-refractivity contribution in [2.45, 2.75) is 11.3 Å². The molecule has 0 unspecified atom stereocenters. The van der Waals surface area contributed by atoms with E-state index in [-0.39, 0.29) is 24.2 Å². The number of methoxy groups -OCH3 is 3. The smallest absolute Gasteiger partial charge is 0.322 e. The minimum Gasteiger partial charge on any atom is -0.493 e. The third kappa shape index (κ3) is 5.37. The van der Waals surface area contributed by atoms with E-state index >= 15 is 0 Å². The van der Waals surface area contributed by atoms with Crippen molar-refractivity contribution in [2.24, 2.45) is 0 Å². The Balaban J connectivity index is 1.62. The second kappa shape index (κ2) is 10.2. The number of carbonyl (C=O) groups is 1. The van der Waals surface area contributed by atoms with Gasteiger partial charge < -0.3 is 18.6 Å². The normalized spacial score (nSPS) is 10.5. The highest BCUT2D eigenvalue weighted by Gasteiger charge is 2.18. The highest BCUT2D eigenvalue weighted by Crippen LogP contribution is 2.41. The average molecular weight is 450 g/mol. The molecule has 3 aromatic rings. The van der Waals surface area contributed by atoms with E-state index < -0.39 is 0 Å². The van der Waals surface area contributed by atoms with Gasteiger partial charge in [-0.1, -0.05) is 16.7 Å². The van der Waals surface area contributed by atoms with Crippen molar-refractivity contribution in [3.8, 4) is 28.7 Å². The molecule has 1 heterocycles. The number of nitrogens with one attached hydrogen (secondary N) is 1. The van der Waals surface area contributed by atoms with Crippen molar-refractivity contribution >= 4 is 35.3 Å². The number of halogens is 1. The lowest BCUT2D eigenvalue weighted by Gasteiger charge is -2.12. The highest BCUT2D eigenvalue weighted by molar-refractivity contribution is 7.99. The highest BCUT2D eigenvalue weighted by atomic mass is 35.5. The van der Waals surface area contributed by atoms with Crippen molar-refractivity contribution in [2.75, 3.05) is 32.4 Å². The van der Waals surface area contributed by atoms with Crippen LogP contribution in [-0.2, 0) is 4.79 Å². The lowest BCUT2D eigenvalue weighted by Crippen LogP contribution is -2.12. The van der Waals surface area contributed by atoms with E-state index in [0.717, 1.165) is 4.90 Å². The maximum atomic E-state index is 12.2. The zero-order chi connectivity index (χ0) is 21.5. The number of thioether (sulfide) groups is 1. The predicted molar refractivity (Wildman–Crippen MR) is 115 cm³/mol. The summed E-state index contributed by atoms with van der Waals surface area (Å²) in [5.41, 5.74) is 0.566. The van der Waals surface area contributed by atoms with E-state index in [1.807, 2.05) is 24.3 Å². The summed E-state index contributed by atoms with van der Waals surface area (Å²) < 4.78 is 21.5. The molecule has 2 aromatic carbocycles. The molecule has 158 valence electrons. The topological polar surface area (TPSA) is 95.7 Å².